The third-order valence-corrected chi connectivity index (χ3v) is 4.65. The van der Waals surface area contributed by atoms with Gasteiger partial charge in [-0.2, -0.15) is 0 Å². The number of nitrogens with zero attached hydrogens (tertiary/aromatic N) is 3. The molecule has 0 radical (unpaired) electrons. The van der Waals surface area contributed by atoms with Gasteiger partial charge in [0.1, 0.15) is 11.6 Å². The van der Waals surface area contributed by atoms with Gasteiger partial charge < -0.3 is 10.1 Å². The minimum atomic E-state index is -0.402. The maximum Gasteiger partial charge on any atom is 0.295 e. The van der Waals surface area contributed by atoms with Crippen molar-refractivity contribution in [2.75, 3.05) is 12.4 Å². The number of hydrogen-bond acceptors (Lipinski definition) is 4. The Morgan fingerprint density at radius 1 is 1.11 bits per heavy atom. The van der Waals surface area contributed by atoms with E-state index in [1.54, 1.807) is 19.1 Å². The summed E-state index contributed by atoms with van der Waals surface area (Å²) < 4.78 is 6.71. The van der Waals surface area contributed by atoms with E-state index in [-0.39, 0.29) is 5.82 Å². The molecule has 0 saturated heterocycles. The Labute approximate surface area is 167 Å². The second-order valence-electron chi connectivity index (χ2n) is 6.11. The molecule has 0 bridgehead atoms. The van der Waals surface area contributed by atoms with E-state index in [0.29, 0.717) is 33.0 Å². The summed E-state index contributed by atoms with van der Waals surface area (Å²) in [6, 6.07) is 8.99. The van der Waals surface area contributed by atoms with Crippen molar-refractivity contribution in [2.45, 2.75) is 20.8 Å². The Kier molecular flexibility index (Phi) is 5.39. The molecule has 1 heterocycles. The van der Waals surface area contributed by atoms with E-state index in [0.717, 1.165) is 11.1 Å². The fraction of sp³-hybridized carbons (Fsp3) is 0.211. The van der Waals surface area contributed by atoms with Gasteiger partial charge in [0.25, 0.3) is 5.91 Å². The smallest absolute Gasteiger partial charge is 0.295 e. The molecule has 140 valence electrons. The molecule has 3 rings (SSSR count). The van der Waals surface area contributed by atoms with Crippen LogP contribution in [0.25, 0.3) is 5.69 Å². The standard InChI is InChI=1S/C19H18Cl2N4O2/c1-10-5-6-15(11(2)7-10)23-19(26)18-22-12(3)25(24-18)16-9-17(27-4)14(21)8-13(16)20/h5-9H,1-4H3,(H,23,26). The van der Waals surface area contributed by atoms with Crippen LogP contribution < -0.4 is 10.1 Å². The molecule has 0 atom stereocenters. The van der Waals surface area contributed by atoms with Crippen LogP contribution in [0.5, 0.6) is 5.75 Å². The zero-order valence-corrected chi connectivity index (χ0v) is 16.8. The maximum absolute atomic E-state index is 12.6. The summed E-state index contributed by atoms with van der Waals surface area (Å²) in [6.07, 6.45) is 0. The Balaban J connectivity index is 1.94. The number of rotatable bonds is 4. The highest BCUT2D eigenvalue weighted by molar-refractivity contribution is 6.36. The minimum absolute atomic E-state index is 0.0393. The molecule has 1 N–H and O–H groups in total. The van der Waals surface area contributed by atoms with Crippen LogP contribution in [-0.4, -0.2) is 27.8 Å². The molecule has 0 aliphatic carbocycles. The molecule has 3 aromatic rings. The van der Waals surface area contributed by atoms with Crippen molar-refractivity contribution in [1.82, 2.24) is 14.8 Å². The van der Waals surface area contributed by atoms with Crippen LogP contribution in [0.3, 0.4) is 0 Å². The lowest BCUT2D eigenvalue weighted by atomic mass is 10.1. The summed E-state index contributed by atoms with van der Waals surface area (Å²) in [5.41, 5.74) is 3.32. The number of carbonyl (C=O) groups excluding carboxylic acids is 1. The summed E-state index contributed by atoms with van der Waals surface area (Å²) in [4.78, 5) is 16.8. The third kappa shape index (κ3) is 3.91. The van der Waals surface area contributed by atoms with Crippen molar-refractivity contribution in [1.29, 1.82) is 0 Å². The molecule has 27 heavy (non-hydrogen) atoms. The first-order chi connectivity index (χ1) is 12.8. The first-order valence-electron chi connectivity index (χ1n) is 8.16. The van der Waals surface area contributed by atoms with Crippen LogP contribution in [-0.2, 0) is 0 Å². The van der Waals surface area contributed by atoms with Gasteiger partial charge in [0.15, 0.2) is 0 Å². The molecule has 1 amide bonds. The van der Waals surface area contributed by atoms with E-state index in [1.165, 1.54) is 11.8 Å². The SMILES string of the molecule is COc1cc(-n2nc(C(=O)Nc3ccc(C)cc3C)nc2C)c(Cl)cc1Cl. The average Bonchev–Trinajstić information content (AvgIpc) is 2.99. The van der Waals surface area contributed by atoms with Crippen molar-refractivity contribution >= 4 is 34.8 Å². The third-order valence-electron chi connectivity index (χ3n) is 4.05. The van der Waals surface area contributed by atoms with E-state index in [9.17, 15) is 4.79 Å². The van der Waals surface area contributed by atoms with E-state index in [2.05, 4.69) is 15.4 Å². The number of ether oxygens (including phenoxy) is 1. The Hall–Kier alpha value is -2.57. The van der Waals surface area contributed by atoms with Crippen LogP contribution in [0.1, 0.15) is 27.6 Å². The number of methoxy groups -OCH3 is 1. The molecule has 0 aliphatic rings. The molecular formula is C19H18Cl2N4O2. The van der Waals surface area contributed by atoms with Crippen molar-refractivity contribution in [3.63, 3.8) is 0 Å². The van der Waals surface area contributed by atoms with Crippen LogP contribution in [0.2, 0.25) is 10.0 Å². The lowest BCUT2D eigenvalue weighted by Crippen LogP contribution is -2.15. The van der Waals surface area contributed by atoms with E-state index >= 15 is 0 Å². The number of carbonyl (C=O) groups is 1. The number of hydrogen-bond donors (Lipinski definition) is 1. The molecule has 8 heteroatoms. The van der Waals surface area contributed by atoms with Gasteiger partial charge in [0.2, 0.25) is 5.82 Å². The van der Waals surface area contributed by atoms with Crippen LogP contribution in [0.4, 0.5) is 5.69 Å². The first kappa shape index (κ1) is 19.2. The Bertz CT molecular complexity index is 1030. The molecule has 6 nitrogen and oxygen atoms in total. The van der Waals surface area contributed by atoms with Crippen molar-refractivity contribution in [3.8, 4) is 11.4 Å². The molecule has 1 aromatic heterocycles. The monoisotopic (exact) mass is 404 g/mol. The highest BCUT2D eigenvalue weighted by atomic mass is 35.5. The number of amides is 1. The van der Waals surface area contributed by atoms with Gasteiger partial charge in [0.05, 0.1) is 22.8 Å². The van der Waals surface area contributed by atoms with Gasteiger partial charge in [-0.25, -0.2) is 9.67 Å². The van der Waals surface area contributed by atoms with E-state index in [4.69, 9.17) is 27.9 Å². The Morgan fingerprint density at radius 2 is 1.85 bits per heavy atom. The van der Waals surface area contributed by atoms with E-state index in [1.807, 2.05) is 32.0 Å². The molecule has 2 aromatic carbocycles. The second kappa shape index (κ2) is 7.58. The predicted octanol–water partition coefficient (Wildman–Crippen LogP) is 4.76. The minimum Gasteiger partial charge on any atom is -0.495 e. The number of nitrogens with one attached hydrogen (secondary N) is 1. The summed E-state index contributed by atoms with van der Waals surface area (Å²) in [6.45, 7) is 5.66. The number of benzene rings is 2. The van der Waals surface area contributed by atoms with E-state index < -0.39 is 5.91 Å². The van der Waals surface area contributed by atoms with Crippen molar-refractivity contribution in [3.05, 3.63) is 63.2 Å². The second-order valence-corrected chi connectivity index (χ2v) is 6.92. The highest BCUT2D eigenvalue weighted by Gasteiger charge is 2.19. The van der Waals surface area contributed by atoms with Crippen LogP contribution >= 0.6 is 23.2 Å². The lowest BCUT2D eigenvalue weighted by molar-refractivity contribution is 0.101. The summed E-state index contributed by atoms with van der Waals surface area (Å²) >= 11 is 12.4. The molecule has 0 fully saturated rings. The number of halogens is 2. The number of aromatic nitrogens is 3. The van der Waals surface area contributed by atoms with Gasteiger partial charge in [-0.3, -0.25) is 4.79 Å². The summed E-state index contributed by atoms with van der Waals surface area (Å²) in [5, 5.41) is 7.89. The topological polar surface area (TPSA) is 69.0 Å². The quantitative estimate of drug-likeness (QED) is 0.680. The van der Waals surface area contributed by atoms with Gasteiger partial charge in [0, 0.05) is 11.8 Å². The molecule has 0 spiro atoms. The molecule has 0 unspecified atom stereocenters. The van der Waals surface area contributed by atoms with Crippen molar-refractivity contribution in [2.24, 2.45) is 0 Å². The average molecular weight is 405 g/mol. The highest BCUT2D eigenvalue weighted by Crippen LogP contribution is 2.33. The molecular weight excluding hydrogens is 387 g/mol. The molecule has 0 saturated carbocycles. The summed E-state index contributed by atoms with van der Waals surface area (Å²) in [5.74, 6) is 0.595. The molecule has 0 aliphatic heterocycles. The lowest BCUT2D eigenvalue weighted by Gasteiger charge is -2.10. The zero-order valence-electron chi connectivity index (χ0n) is 15.3. The fourth-order valence-electron chi connectivity index (χ4n) is 2.68. The number of anilines is 1. The van der Waals surface area contributed by atoms with Gasteiger partial charge in [-0.1, -0.05) is 40.9 Å². The van der Waals surface area contributed by atoms with Crippen LogP contribution in [0, 0.1) is 20.8 Å². The largest absolute Gasteiger partial charge is 0.495 e. The Morgan fingerprint density at radius 3 is 2.52 bits per heavy atom. The van der Waals surface area contributed by atoms with Gasteiger partial charge in [-0.15, -0.1) is 5.10 Å². The predicted molar refractivity (Wildman–Crippen MR) is 107 cm³/mol. The number of aryl methyl sites for hydroxylation is 3. The van der Waals surface area contributed by atoms with Gasteiger partial charge >= 0.3 is 0 Å². The van der Waals surface area contributed by atoms with Crippen LogP contribution in [0.15, 0.2) is 30.3 Å². The van der Waals surface area contributed by atoms with Gasteiger partial charge in [-0.05, 0) is 38.5 Å². The maximum atomic E-state index is 12.6. The fourth-order valence-corrected chi connectivity index (χ4v) is 3.22. The van der Waals surface area contributed by atoms with Crippen molar-refractivity contribution < 1.29 is 9.53 Å². The first-order valence-corrected chi connectivity index (χ1v) is 8.91. The zero-order chi connectivity index (χ0) is 19.7. The normalized spacial score (nSPS) is 10.7. The summed E-state index contributed by atoms with van der Waals surface area (Å²) in [7, 11) is 1.51.